The van der Waals surface area contributed by atoms with Gasteiger partial charge in [-0.05, 0) is 37.6 Å². The van der Waals surface area contributed by atoms with Gasteiger partial charge in [-0.25, -0.2) is 4.98 Å². The predicted molar refractivity (Wildman–Crippen MR) is 64.2 cm³/mol. The highest BCUT2D eigenvalue weighted by molar-refractivity contribution is 5.08. The molecule has 1 atom stereocenters. The van der Waals surface area contributed by atoms with Gasteiger partial charge in [-0.2, -0.15) is 0 Å². The van der Waals surface area contributed by atoms with Crippen molar-refractivity contribution in [1.82, 2.24) is 14.9 Å². The Morgan fingerprint density at radius 3 is 3.00 bits per heavy atom. The van der Waals surface area contributed by atoms with E-state index < -0.39 is 0 Å². The van der Waals surface area contributed by atoms with Crippen LogP contribution in [-0.4, -0.2) is 16.1 Å². The normalized spacial score (nSPS) is 27.9. The summed E-state index contributed by atoms with van der Waals surface area (Å²) in [4.78, 5) is 4.33. The quantitative estimate of drug-likeness (QED) is 0.846. The van der Waals surface area contributed by atoms with Crippen LogP contribution in [0, 0.1) is 5.41 Å². The molecule has 1 saturated heterocycles. The van der Waals surface area contributed by atoms with Crippen molar-refractivity contribution in [2.75, 3.05) is 6.54 Å². The van der Waals surface area contributed by atoms with Crippen molar-refractivity contribution in [3.05, 3.63) is 18.2 Å². The summed E-state index contributed by atoms with van der Waals surface area (Å²) in [6.07, 6.45) is 10.8. The summed E-state index contributed by atoms with van der Waals surface area (Å²) in [6, 6.07) is 0.547. The SMILES string of the molecule is CC1(Cn2cncc2C2CCCN2)CCC1. The molecule has 3 rings (SSSR count). The second-order valence-corrected chi connectivity index (χ2v) is 5.76. The third-order valence-corrected chi connectivity index (χ3v) is 4.27. The number of hydrogen-bond donors (Lipinski definition) is 1. The smallest absolute Gasteiger partial charge is 0.0948 e. The monoisotopic (exact) mass is 219 g/mol. The Hall–Kier alpha value is -0.830. The van der Waals surface area contributed by atoms with Crippen molar-refractivity contribution >= 4 is 0 Å². The zero-order valence-electron chi connectivity index (χ0n) is 10.1. The molecule has 1 aliphatic carbocycles. The summed E-state index contributed by atoms with van der Waals surface area (Å²) in [7, 11) is 0. The van der Waals surface area contributed by atoms with Gasteiger partial charge in [0.2, 0.25) is 0 Å². The van der Waals surface area contributed by atoms with Crippen molar-refractivity contribution in [3.63, 3.8) is 0 Å². The highest BCUT2D eigenvalue weighted by Crippen LogP contribution is 2.42. The van der Waals surface area contributed by atoms with E-state index in [0.29, 0.717) is 11.5 Å². The first-order valence-electron chi connectivity index (χ1n) is 6.50. The number of hydrogen-bond acceptors (Lipinski definition) is 2. The van der Waals surface area contributed by atoms with E-state index in [-0.39, 0.29) is 0 Å². The molecule has 1 aromatic heterocycles. The van der Waals surface area contributed by atoms with Gasteiger partial charge in [0, 0.05) is 18.8 Å². The van der Waals surface area contributed by atoms with Crippen molar-refractivity contribution < 1.29 is 0 Å². The lowest BCUT2D eigenvalue weighted by molar-refractivity contribution is 0.130. The Bertz CT molecular complexity index is 359. The molecule has 0 aromatic carbocycles. The molecule has 88 valence electrons. The summed E-state index contributed by atoms with van der Waals surface area (Å²) in [6.45, 7) is 4.72. The minimum atomic E-state index is 0.536. The molecule has 1 N–H and O–H groups in total. The van der Waals surface area contributed by atoms with Gasteiger partial charge >= 0.3 is 0 Å². The first kappa shape index (κ1) is 10.3. The van der Waals surface area contributed by atoms with Crippen molar-refractivity contribution in [2.24, 2.45) is 5.41 Å². The molecule has 1 aromatic rings. The Balaban J connectivity index is 1.76. The van der Waals surface area contributed by atoms with Crippen molar-refractivity contribution in [3.8, 4) is 0 Å². The van der Waals surface area contributed by atoms with Crippen LogP contribution in [0.2, 0.25) is 0 Å². The Morgan fingerprint density at radius 2 is 2.38 bits per heavy atom. The van der Waals surface area contributed by atoms with E-state index in [1.807, 2.05) is 12.5 Å². The van der Waals surface area contributed by atoms with Crippen LogP contribution >= 0.6 is 0 Å². The molecular formula is C13H21N3. The molecule has 2 heterocycles. The van der Waals surface area contributed by atoms with Crippen molar-refractivity contribution in [2.45, 2.75) is 51.6 Å². The average Bonchev–Trinajstić information content (AvgIpc) is 2.83. The van der Waals surface area contributed by atoms with E-state index in [2.05, 4.69) is 21.8 Å². The minimum Gasteiger partial charge on any atom is -0.333 e. The van der Waals surface area contributed by atoms with Gasteiger partial charge in [0.15, 0.2) is 0 Å². The van der Waals surface area contributed by atoms with Crippen molar-refractivity contribution in [1.29, 1.82) is 0 Å². The fraction of sp³-hybridized carbons (Fsp3) is 0.769. The number of nitrogens with one attached hydrogen (secondary N) is 1. The van der Waals surface area contributed by atoms with Crippen LogP contribution in [-0.2, 0) is 6.54 Å². The first-order valence-corrected chi connectivity index (χ1v) is 6.50. The molecule has 1 saturated carbocycles. The molecule has 2 fully saturated rings. The molecule has 0 spiro atoms. The summed E-state index contributed by atoms with van der Waals surface area (Å²) >= 11 is 0. The second kappa shape index (κ2) is 3.88. The molecule has 0 bridgehead atoms. The lowest BCUT2D eigenvalue weighted by Crippen LogP contribution is -2.31. The number of aromatic nitrogens is 2. The van der Waals surface area contributed by atoms with E-state index in [0.717, 1.165) is 13.1 Å². The lowest BCUT2D eigenvalue weighted by atomic mass is 9.70. The van der Waals surface area contributed by atoms with Gasteiger partial charge < -0.3 is 9.88 Å². The van der Waals surface area contributed by atoms with E-state index in [1.165, 1.54) is 37.8 Å². The van der Waals surface area contributed by atoms with Gasteiger partial charge in [-0.3, -0.25) is 0 Å². The molecule has 1 aliphatic heterocycles. The van der Waals surface area contributed by atoms with Crippen LogP contribution in [0.15, 0.2) is 12.5 Å². The summed E-state index contributed by atoms with van der Waals surface area (Å²) in [5.41, 5.74) is 1.93. The van der Waals surface area contributed by atoms with Crippen LogP contribution < -0.4 is 5.32 Å². The van der Waals surface area contributed by atoms with Gasteiger partial charge in [0.05, 0.1) is 12.0 Å². The standard InChI is InChI=1S/C13H21N3/c1-13(5-3-6-13)9-16-10-14-8-12(16)11-4-2-7-15-11/h8,10-11,15H,2-7,9H2,1H3. The largest absolute Gasteiger partial charge is 0.333 e. The van der Waals surface area contributed by atoms with Crippen LogP contribution in [0.25, 0.3) is 0 Å². The van der Waals surface area contributed by atoms with Gasteiger partial charge in [0.25, 0.3) is 0 Å². The lowest BCUT2D eigenvalue weighted by Gasteiger charge is -2.39. The molecule has 16 heavy (non-hydrogen) atoms. The number of imidazole rings is 1. The zero-order chi connectivity index (χ0) is 11.0. The Kier molecular flexibility index (Phi) is 2.51. The second-order valence-electron chi connectivity index (χ2n) is 5.76. The third kappa shape index (κ3) is 1.77. The highest BCUT2D eigenvalue weighted by Gasteiger charge is 2.33. The predicted octanol–water partition coefficient (Wildman–Crippen LogP) is 2.50. The molecular weight excluding hydrogens is 198 g/mol. The minimum absolute atomic E-state index is 0.536. The zero-order valence-corrected chi connectivity index (χ0v) is 10.1. The number of rotatable bonds is 3. The van der Waals surface area contributed by atoms with Crippen LogP contribution in [0.1, 0.15) is 50.8 Å². The number of nitrogens with zero attached hydrogens (tertiary/aromatic N) is 2. The topological polar surface area (TPSA) is 29.9 Å². The Labute approximate surface area is 97.3 Å². The van der Waals surface area contributed by atoms with E-state index in [4.69, 9.17) is 0 Å². The summed E-state index contributed by atoms with van der Waals surface area (Å²) in [5, 5.41) is 3.56. The van der Waals surface area contributed by atoms with Gasteiger partial charge in [-0.15, -0.1) is 0 Å². The van der Waals surface area contributed by atoms with Gasteiger partial charge in [-0.1, -0.05) is 13.3 Å². The summed E-state index contributed by atoms with van der Waals surface area (Å²) in [5.74, 6) is 0. The Morgan fingerprint density at radius 1 is 1.50 bits per heavy atom. The van der Waals surface area contributed by atoms with E-state index in [1.54, 1.807) is 0 Å². The van der Waals surface area contributed by atoms with E-state index in [9.17, 15) is 0 Å². The fourth-order valence-electron chi connectivity index (χ4n) is 3.04. The maximum absolute atomic E-state index is 4.33. The van der Waals surface area contributed by atoms with E-state index >= 15 is 0 Å². The van der Waals surface area contributed by atoms with Crippen LogP contribution in [0.5, 0.6) is 0 Å². The highest BCUT2D eigenvalue weighted by atomic mass is 15.1. The average molecular weight is 219 g/mol. The van der Waals surface area contributed by atoms with Crippen LogP contribution in [0.4, 0.5) is 0 Å². The first-order chi connectivity index (χ1) is 7.77. The summed E-state index contributed by atoms with van der Waals surface area (Å²) < 4.78 is 2.38. The molecule has 1 unspecified atom stereocenters. The van der Waals surface area contributed by atoms with Crippen LogP contribution in [0.3, 0.4) is 0 Å². The maximum Gasteiger partial charge on any atom is 0.0948 e. The molecule has 3 nitrogen and oxygen atoms in total. The third-order valence-electron chi connectivity index (χ3n) is 4.27. The molecule has 0 radical (unpaired) electrons. The molecule has 0 amide bonds. The molecule has 2 aliphatic rings. The maximum atomic E-state index is 4.33. The van der Waals surface area contributed by atoms with Gasteiger partial charge in [0.1, 0.15) is 0 Å². The fourth-order valence-corrected chi connectivity index (χ4v) is 3.04. The molecule has 3 heteroatoms.